The molecule has 3 rings (SSSR count). The molecule has 36 heavy (non-hydrogen) atoms. The number of amides is 2. The van der Waals surface area contributed by atoms with Crippen LogP contribution in [0, 0.1) is 0 Å². The van der Waals surface area contributed by atoms with E-state index in [2.05, 4.69) is 10.9 Å². The summed E-state index contributed by atoms with van der Waals surface area (Å²) >= 11 is 0. The number of ether oxygens (including phenoxy) is 4. The minimum absolute atomic E-state index is 0.232. The van der Waals surface area contributed by atoms with Crippen molar-refractivity contribution < 1.29 is 33.3 Å². The van der Waals surface area contributed by atoms with Crippen LogP contribution in [-0.4, -0.2) is 45.7 Å². The van der Waals surface area contributed by atoms with E-state index in [0.29, 0.717) is 28.4 Å². The first-order valence-electron chi connectivity index (χ1n) is 10.8. The number of hydrazine groups is 1. The highest BCUT2D eigenvalue weighted by Gasteiger charge is 2.17. The SMILES string of the molecule is COc1ccccc1/C=C(/C(=O)OCC(=O)NNC(=O)c1ccc(OC)c(OC)c1)c1ccccc1. The van der Waals surface area contributed by atoms with Gasteiger partial charge in [-0.25, -0.2) is 4.79 Å². The Hall–Kier alpha value is -4.79. The van der Waals surface area contributed by atoms with Gasteiger partial charge in [0.25, 0.3) is 11.8 Å². The molecule has 3 aromatic rings. The number of carbonyl (C=O) groups excluding carboxylic acids is 3. The Balaban J connectivity index is 1.65. The third-order valence-electron chi connectivity index (χ3n) is 5.04. The van der Waals surface area contributed by atoms with Crippen molar-refractivity contribution in [1.82, 2.24) is 10.9 Å². The zero-order valence-electron chi connectivity index (χ0n) is 20.1. The zero-order chi connectivity index (χ0) is 25.9. The van der Waals surface area contributed by atoms with Crippen molar-refractivity contribution in [2.24, 2.45) is 0 Å². The minimum Gasteiger partial charge on any atom is -0.496 e. The summed E-state index contributed by atoms with van der Waals surface area (Å²) in [5, 5.41) is 0. The number of esters is 1. The van der Waals surface area contributed by atoms with Gasteiger partial charge in [-0.15, -0.1) is 0 Å². The van der Waals surface area contributed by atoms with Gasteiger partial charge >= 0.3 is 5.97 Å². The Morgan fingerprint density at radius 1 is 0.722 bits per heavy atom. The lowest BCUT2D eigenvalue weighted by Gasteiger charge is -2.12. The number of hydrogen-bond donors (Lipinski definition) is 2. The summed E-state index contributed by atoms with van der Waals surface area (Å²) in [5.41, 5.74) is 6.24. The van der Waals surface area contributed by atoms with E-state index in [9.17, 15) is 14.4 Å². The van der Waals surface area contributed by atoms with E-state index in [1.165, 1.54) is 33.5 Å². The van der Waals surface area contributed by atoms with Crippen LogP contribution in [0.4, 0.5) is 0 Å². The molecule has 0 heterocycles. The molecule has 0 fully saturated rings. The number of carbonyl (C=O) groups is 3. The molecule has 0 bridgehead atoms. The quantitative estimate of drug-likeness (QED) is 0.205. The van der Waals surface area contributed by atoms with Crippen molar-refractivity contribution in [3.63, 3.8) is 0 Å². The molecule has 3 aromatic carbocycles. The first-order valence-corrected chi connectivity index (χ1v) is 10.8. The predicted molar refractivity (Wildman–Crippen MR) is 133 cm³/mol. The third-order valence-corrected chi connectivity index (χ3v) is 5.04. The zero-order valence-corrected chi connectivity index (χ0v) is 20.1. The standard InChI is InChI=1S/C27H26N2O7/c1-33-22-12-8-7-11-19(22)15-21(18-9-5-4-6-10-18)27(32)36-17-25(30)28-29-26(31)20-13-14-23(34-2)24(16-20)35-3/h4-16H,17H2,1-3H3,(H,28,30)(H,29,31)/b21-15+. The van der Waals surface area contributed by atoms with Crippen molar-refractivity contribution in [1.29, 1.82) is 0 Å². The number of benzene rings is 3. The summed E-state index contributed by atoms with van der Waals surface area (Å²) in [7, 11) is 4.46. The highest BCUT2D eigenvalue weighted by atomic mass is 16.5. The first-order chi connectivity index (χ1) is 17.5. The van der Waals surface area contributed by atoms with Gasteiger partial charge in [0, 0.05) is 11.1 Å². The van der Waals surface area contributed by atoms with Gasteiger partial charge in [0.15, 0.2) is 18.1 Å². The molecule has 0 radical (unpaired) electrons. The number of nitrogens with one attached hydrogen (secondary N) is 2. The maximum atomic E-state index is 12.9. The van der Waals surface area contributed by atoms with Gasteiger partial charge in [-0.3, -0.25) is 20.4 Å². The fourth-order valence-electron chi connectivity index (χ4n) is 3.24. The van der Waals surface area contributed by atoms with Crippen molar-refractivity contribution in [2.45, 2.75) is 0 Å². The van der Waals surface area contributed by atoms with Crippen LogP contribution in [0.5, 0.6) is 17.2 Å². The van der Waals surface area contributed by atoms with Crippen LogP contribution in [0.2, 0.25) is 0 Å². The van der Waals surface area contributed by atoms with Gasteiger partial charge in [-0.05, 0) is 35.9 Å². The van der Waals surface area contributed by atoms with Crippen molar-refractivity contribution in [3.05, 3.63) is 89.5 Å². The largest absolute Gasteiger partial charge is 0.496 e. The lowest BCUT2D eigenvalue weighted by atomic mass is 10.0. The number of rotatable bonds is 9. The van der Waals surface area contributed by atoms with Crippen LogP contribution in [0.3, 0.4) is 0 Å². The monoisotopic (exact) mass is 490 g/mol. The van der Waals surface area contributed by atoms with Crippen molar-refractivity contribution >= 4 is 29.4 Å². The van der Waals surface area contributed by atoms with E-state index in [1.54, 1.807) is 48.5 Å². The van der Waals surface area contributed by atoms with Crippen LogP contribution in [0.1, 0.15) is 21.5 Å². The minimum atomic E-state index is -0.720. The normalized spacial score (nSPS) is 10.7. The lowest BCUT2D eigenvalue weighted by Crippen LogP contribution is -2.43. The van der Waals surface area contributed by atoms with Crippen LogP contribution in [-0.2, 0) is 14.3 Å². The van der Waals surface area contributed by atoms with Crippen LogP contribution in [0.25, 0.3) is 11.6 Å². The molecule has 0 aliphatic rings. The average molecular weight is 491 g/mol. The summed E-state index contributed by atoms with van der Waals surface area (Å²) in [6.45, 7) is -0.610. The Kier molecular flexibility index (Phi) is 9.05. The maximum absolute atomic E-state index is 12.9. The molecule has 0 aliphatic heterocycles. The molecule has 2 N–H and O–H groups in total. The molecule has 0 unspecified atom stereocenters. The third kappa shape index (κ3) is 6.63. The smallest absolute Gasteiger partial charge is 0.339 e. The van der Waals surface area contributed by atoms with E-state index in [4.69, 9.17) is 18.9 Å². The Bertz CT molecular complexity index is 1260. The van der Waals surface area contributed by atoms with E-state index in [1.807, 2.05) is 18.2 Å². The summed E-state index contributed by atoms with van der Waals surface area (Å²) < 4.78 is 20.9. The van der Waals surface area contributed by atoms with Crippen LogP contribution < -0.4 is 25.1 Å². The number of para-hydroxylation sites is 1. The lowest BCUT2D eigenvalue weighted by molar-refractivity contribution is -0.143. The fourth-order valence-corrected chi connectivity index (χ4v) is 3.24. The molecule has 0 aromatic heterocycles. The van der Waals surface area contributed by atoms with Crippen LogP contribution in [0.15, 0.2) is 72.8 Å². The van der Waals surface area contributed by atoms with Crippen molar-refractivity contribution in [2.75, 3.05) is 27.9 Å². The molecule has 9 heteroatoms. The van der Waals surface area contributed by atoms with E-state index in [0.717, 1.165) is 0 Å². The molecule has 0 atom stereocenters. The second-order valence-electron chi connectivity index (χ2n) is 7.31. The van der Waals surface area contributed by atoms with Gasteiger partial charge in [-0.1, -0.05) is 48.5 Å². The van der Waals surface area contributed by atoms with E-state index >= 15 is 0 Å². The summed E-state index contributed by atoms with van der Waals surface area (Å²) in [6, 6.07) is 20.7. The Morgan fingerprint density at radius 3 is 2.08 bits per heavy atom. The molecular weight excluding hydrogens is 464 g/mol. The molecule has 2 amide bonds. The molecule has 186 valence electrons. The summed E-state index contributed by atoms with van der Waals surface area (Å²) in [4.78, 5) is 37.5. The van der Waals surface area contributed by atoms with Crippen molar-refractivity contribution in [3.8, 4) is 17.2 Å². The molecular formula is C27H26N2O7. The molecule has 9 nitrogen and oxygen atoms in total. The Morgan fingerprint density at radius 2 is 1.39 bits per heavy atom. The van der Waals surface area contributed by atoms with Gasteiger partial charge in [0.2, 0.25) is 0 Å². The van der Waals surface area contributed by atoms with Crippen LogP contribution >= 0.6 is 0 Å². The van der Waals surface area contributed by atoms with Gasteiger partial charge in [0.1, 0.15) is 5.75 Å². The average Bonchev–Trinajstić information content (AvgIpc) is 2.93. The fraction of sp³-hybridized carbons (Fsp3) is 0.148. The summed E-state index contributed by atoms with van der Waals surface area (Å²) in [5.74, 6) is -0.623. The maximum Gasteiger partial charge on any atom is 0.339 e. The molecule has 0 saturated carbocycles. The topological polar surface area (TPSA) is 112 Å². The molecule has 0 saturated heterocycles. The van der Waals surface area contributed by atoms with E-state index in [-0.39, 0.29) is 11.1 Å². The Labute approximate surface area is 208 Å². The van der Waals surface area contributed by atoms with E-state index < -0.39 is 24.4 Å². The summed E-state index contributed by atoms with van der Waals surface area (Å²) in [6.07, 6.45) is 1.63. The molecule has 0 aliphatic carbocycles. The van der Waals surface area contributed by atoms with Gasteiger partial charge in [0.05, 0.1) is 26.9 Å². The highest BCUT2D eigenvalue weighted by Crippen LogP contribution is 2.27. The molecule has 0 spiro atoms. The number of methoxy groups -OCH3 is 3. The second-order valence-corrected chi connectivity index (χ2v) is 7.31. The predicted octanol–water partition coefficient (Wildman–Crippen LogP) is 3.26. The van der Waals surface area contributed by atoms with Gasteiger partial charge < -0.3 is 18.9 Å². The van der Waals surface area contributed by atoms with Gasteiger partial charge in [-0.2, -0.15) is 0 Å². The number of hydrogen-bond acceptors (Lipinski definition) is 7. The second kappa shape index (κ2) is 12.6. The highest BCUT2D eigenvalue weighted by molar-refractivity contribution is 6.22. The first kappa shape index (κ1) is 25.8.